The monoisotopic (exact) mass is 301 g/mol. The Morgan fingerprint density at radius 1 is 1.09 bits per heavy atom. The van der Waals surface area contributed by atoms with Gasteiger partial charge < -0.3 is 19.9 Å². The van der Waals surface area contributed by atoms with Gasteiger partial charge in [0.25, 0.3) is 0 Å². The Morgan fingerprint density at radius 2 is 1.77 bits per heavy atom. The summed E-state index contributed by atoms with van der Waals surface area (Å²) in [6.45, 7) is 0.445. The molecule has 5 nitrogen and oxygen atoms in total. The molecule has 1 amide bonds. The van der Waals surface area contributed by atoms with Crippen molar-refractivity contribution >= 4 is 11.6 Å². The van der Waals surface area contributed by atoms with Gasteiger partial charge in [-0.2, -0.15) is 0 Å². The number of anilines is 1. The topological polar surface area (TPSA) is 67.8 Å². The quantitative estimate of drug-likeness (QED) is 0.609. The van der Waals surface area contributed by atoms with Gasteiger partial charge in [0.2, 0.25) is 5.91 Å². The number of phenols is 1. The summed E-state index contributed by atoms with van der Waals surface area (Å²) in [5.74, 6) is 1.42. The number of carbonyl (C=O) groups is 1. The zero-order valence-corrected chi connectivity index (χ0v) is 12.4. The minimum atomic E-state index is -0.153. The highest BCUT2D eigenvalue weighted by Crippen LogP contribution is 2.21. The second kappa shape index (κ2) is 7.93. The molecule has 0 aromatic heterocycles. The highest BCUT2D eigenvalue weighted by molar-refractivity contribution is 5.92. The molecule has 0 spiro atoms. The van der Waals surface area contributed by atoms with Crippen LogP contribution in [0.25, 0.3) is 0 Å². The lowest BCUT2D eigenvalue weighted by molar-refractivity contribution is -0.116. The molecule has 0 saturated carbocycles. The molecule has 0 aliphatic rings. The summed E-state index contributed by atoms with van der Waals surface area (Å²) in [6, 6.07) is 13.9. The third kappa shape index (κ3) is 4.70. The van der Waals surface area contributed by atoms with E-state index in [1.807, 2.05) is 24.3 Å². The number of nitrogens with one attached hydrogen (secondary N) is 1. The zero-order chi connectivity index (χ0) is 15.8. The first-order valence-electron chi connectivity index (χ1n) is 7.04. The largest absolute Gasteiger partial charge is 0.506 e. The molecule has 22 heavy (non-hydrogen) atoms. The first kappa shape index (κ1) is 15.7. The van der Waals surface area contributed by atoms with E-state index in [9.17, 15) is 9.90 Å². The van der Waals surface area contributed by atoms with Crippen molar-refractivity contribution in [1.29, 1.82) is 0 Å². The smallest absolute Gasteiger partial charge is 0.224 e. The maximum absolute atomic E-state index is 11.8. The van der Waals surface area contributed by atoms with Gasteiger partial charge in [-0.3, -0.25) is 4.79 Å². The summed E-state index contributed by atoms with van der Waals surface area (Å²) in [5, 5.41) is 12.2. The van der Waals surface area contributed by atoms with E-state index >= 15 is 0 Å². The number of hydrogen-bond acceptors (Lipinski definition) is 4. The van der Waals surface area contributed by atoms with Crippen molar-refractivity contribution in [3.05, 3.63) is 48.5 Å². The predicted octanol–water partition coefficient (Wildman–Crippen LogP) is 3.20. The number of ether oxygens (including phenoxy) is 2. The molecule has 0 atom stereocenters. The number of phenolic OH excluding ortho intramolecular Hbond substituents is 1. The number of rotatable bonds is 7. The molecule has 2 N–H and O–H groups in total. The van der Waals surface area contributed by atoms with Gasteiger partial charge in [0, 0.05) is 6.42 Å². The number of methoxy groups -OCH3 is 1. The van der Waals surface area contributed by atoms with Crippen LogP contribution in [0.15, 0.2) is 48.5 Å². The summed E-state index contributed by atoms with van der Waals surface area (Å²) in [6.07, 6.45) is 0.913. The van der Waals surface area contributed by atoms with E-state index in [0.717, 1.165) is 11.5 Å². The minimum absolute atomic E-state index is 0.0605. The van der Waals surface area contributed by atoms with Crippen LogP contribution < -0.4 is 14.8 Å². The van der Waals surface area contributed by atoms with Gasteiger partial charge in [-0.15, -0.1) is 0 Å². The Labute approximate surface area is 129 Å². The molecule has 0 fully saturated rings. The number of benzene rings is 2. The van der Waals surface area contributed by atoms with E-state index in [4.69, 9.17) is 9.47 Å². The van der Waals surface area contributed by atoms with Gasteiger partial charge in [-0.05, 0) is 42.8 Å². The fraction of sp³-hybridized carbons (Fsp3) is 0.235. The molecule has 0 bridgehead atoms. The van der Waals surface area contributed by atoms with Gasteiger partial charge in [-0.1, -0.05) is 12.1 Å². The summed E-state index contributed by atoms with van der Waals surface area (Å²) in [5.41, 5.74) is 0.420. The Morgan fingerprint density at radius 3 is 2.45 bits per heavy atom. The average Bonchev–Trinajstić information content (AvgIpc) is 2.54. The van der Waals surface area contributed by atoms with Crippen LogP contribution in [-0.4, -0.2) is 24.7 Å². The normalized spacial score (nSPS) is 10.0. The van der Waals surface area contributed by atoms with Crippen molar-refractivity contribution in [2.45, 2.75) is 12.8 Å². The van der Waals surface area contributed by atoms with Crippen molar-refractivity contribution in [2.75, 3.05) is 19.0 Å². The summed E-state index contributed by atoms with van der Waals surface area (Å²) >= 11 is 0. The van der Waals surface area contributed by atoms with E-state index in [0.29, 0.717) is 25.1 Å². The molecular weight excluding hydrogens is 282 g/mol. The molecule has 0 heterocycles. The fourth-order valence-electron chi connectivity index (χ4n) is 1.89. The second-order valence-corrected chi connectivity index (χ2v) is 4.69. The van der Waals surface area contributed by atoms with Gasteiger partial charge in [0.05, 0.1) is 19.4 Å². The lowest BCUT2D eigenvalue weighted by Crippen LogP contribution is -2.12. The molecule has 0 radical (unpaired) electrons. The number of carbonyl (C=O) groups excluding carboxylic acids is 1. The van der Waals surface area contributed by atoms with Crippen molar-refractivity contribution in [2.24, 2.45) is 0 Å². The van der Waals surface area contributed by atoms with Crippen LogP contribution in [0.2, 0.25) is 0 Å². The van der Waals surface area contributed by atoms with Crippen LogP contribution in [0.4, 0.5) is 5.69 Å². The van der Waals surface area contributed by atoms with Gasteiger partial charge in [0.1, 0.15) is 17.2 Å². The van der Waals surface area contributed by atoms with Crippen molar-refractivity contribution in [3.8, 4) is 17.2 Å². The molecule has 0 saturated heterocycles. The number of hydrogen-bond donors (Lipinski definition) is 2. The van der Waals surface area contributed by atoms with Crippen LogP contribution in [0.1, 0.15) is 12.8 Å². The molecule has 2 rings (SSSR count). The van der Waals surface area contributed by atoms with Crippen molar-refractivity contribution in [1.82, 2.24) is 0 Å². The lowest BCUT2D eigenvalue weighted by atomic mass is 10.2. The third-order valence-corrected chi connectivity index (χ3v) is 3.05. The number of para-hydroxylation sites is 2. The van der Waals surface area contributed by atoms with Gasteiger partial charge >= 0.3 is 0 Å². The molecular formula is C17H19NO4. The first-order chi connectivity index (χ1) is 10.7. The molecule has 0 aliphatic heterocycles. The van der Waals surface area contributed by atoms with E-state index < -0.39 is 0 Å². The number of amides is 1. The second-order valence-electron chi connectivity index (χ2n) is 4.69. The summed E-state index contributed by atoms with van der Waals surface area (Å²) < 4.78 is 10.6. The van der Waals surface area contributed by atoms with Gasteiger partial charge in [-0.25, -0.2) is 0 Å². The molecule has 2 aromatic rings. The average molecular weight is 301 g/mol. The molecule has 5 heteroatoms. The highest BCUT2D eigenvalue weighted by Gasteiger charge is 2.05. The molecule has 0 unspecified atom stereocenters. The summed E-state index contributed by atoms with van der Waals surface area (Å²) in [4.78, 5) is 11.8. The zero-order valence-electron chi connectivity index (χ0n) is 12.4. The van der Waals surface area contributed by atoms with Crippen LogP contribution in [0.3, 0.4) is 0 Å². The van der Waals surface area contributed by atoms with E-state index in [-0.39, 0.29) is 11.7 Å². The van der Waals surface area contributed by atoms with Gasteiger partial charge in [0.15, 0.2) is 0 Å². The Hall–Kier alpha value is -2.69. The van der Waals surface area contributed by atoms with E-state index in [1.165, 1.54) is 6.07 Å². The Balaban J connectivity index is 1.69. The highest BCUT2D eigenvalue weighted by atomic mass is 16.5. The third-order valence-electron chi connectivity index (χ3n) is 3.05. The number of aromatic hydroxyl groups is 1. The SMILES string of the molecule is COc1ccc(OCCCC(=O)Nc2ccccc2O)cc1. The Kier molecular flexibility index (Phi) is 5.65. The summed E-state index contributed by atoms with van der Waals surface area (Å²) in [7, 11) is 1.61. The van der Waals surface area contributed by atoms with E-state index in [1.54, 1.807) is 25.3 Å². The Bertz CT molecular complexity index is 610. The molecule has 2 aromatic carbocycles. The fourth-order valence-corrected chi connectivity index (χ4v) is 1.89. The predicted molar refractivity (Wildman–Crippen MR) is 84.5 cm³/mol. The molecule has 0 aliphatic carbocycles. The lowest BCUT2D eigenvalue weighted by Gasteiger charge is -2.08. The first-order valence-corrected chi connectivity index (χ1v) is 7.04. The van der Waals surface area contributed by atoms with Crippen LogP contribution in [-0.2, 0) is 4.79 Å². The van der Waals surface area contributed by atoms with Crippen LogP contribution in [0.5, 0.6) is 17.2 Å². The minimum Gasteiger partial charge on any atom is -0.506 e. The maximum Gasteiger partial charge on any atom is 0.224 e. The maximum atomic E-state index is 11.8. The van der Waals surface area contributed by atoms with Crippen molar-refractivity contribution < 1.29 is 19.4 Å². The van der Waals surface area contributed by atoms with E-state index in [2.05, 4.69) is 5.32 Å². The van der Waals surface area contributed by atoms with Crippen LogP contribution in [0, 0.1) is 0 Å². The van der Waals surface area contributed by atoms with Crippen LogP contribution >= 0.6 is 0 Å². The molecule has 116 valence electrons. The van der Waals surface area contributed by atoms with Crippen molar-refractivity contribution in [3.63, 3.8) is 0 Å². The standard InChI is InChI=1S/C17H19NO4/c1-21-13-8-10-14(11-9-13)22-12-4-7-17(20)18-15-5-2-3-6-16(15)19/h2-3,5-6,8-11,19H,4,7,12H2,1H3,(H,18,20).